The van der Waals surface area contributed by atoms with Crippen molar-refractivity contribution in [1.82, 2.24) is 9.80 Å². The van der Waals surface area contributed by atoms with Crippen molar-refractivity contribution < 1.29 is 23.7 Å². The van der Waals surface area contributed by atoms with E-state index in [1.165, 1.54) is 5.56 Å². The van der Waals surface area contributed by atoms with Crippen LogP contribution in [0.4, 0.5) is 0 Å². The quantitative estimate of drug-likeness (QED) is 0.427. The summed E-state index contributed by atoms with van der Waals surface area (Å²) in [6.45, 7) is 14.0. The lowest BCUT2D eigenvalue weighted by Crippen LogP contribution is -2.39. The Kier molecular flexibility index (Phi) is 8.54. The molecule has 0 bridgehead atoms. The zero-order valence-electron chi connectivity index (χ0n) is 21.8. The number of esters is 1. The molecule has 7 heteroatoms. The highest BCUT2D eigenvalue weighted by Crippen LogP contribution is 2.29. The molecule has 1 heterocycles. The van der Waals surface area contributed by atoms with Crippen molar-refractivity contribution in [2.75, 3.05) is 33.9 Å². The van der Waals surface area contributed by atoms with E-state index in [1.807, 2.05) is 37.3 Å². The number of likely N-dealkylation sites (N-methyl/N-ethyl adjacent to an activating group) is 1. The van der Waals surface area contributed by atoms with E-state index in [0.717, 1.165) is 42.4 Å². The number of rotatable bonds is 11. The predicted molar refractivity (Wildman–Crippen MR) is 137 cm³/mol. The molecule has 1 aliphatic heterocycles. The summed E-state index contributed by atoms with van der Waals surface area (Å²) in [5.41, 5.74) is 1.06. The molecule has 1 aliphatic rings. The van der Waals surface area contributed by atoms with Crippen molar-refractivity contribution in [3.05, 3.63) is 66.0 Å². The molecule has 1 saturated heterocycles. The van der Waals surface area contributed by atoms with Crippen LogP contribution in [0.25, 0.3) is 0 Å². The van der Waals surface area contributed by atoms with Crippen molar-refractivity contribution in [2.24, 2.45) is 0 Å². The maximum Gasteiger partial charge on any atom is 0.349 e. The minimum Gasteiger partial charge on any atom is -0.497 e. The number of hydrogen-bond acceptors (Lipinski definition) is 7. The molecule has 0 unspecified atom stereocenters. The summed E-state index contributed by atoms with van der Waals surface area (Å²) in [6.07, 6.45) is 0.877. The van der Waals surface area contributed by atoms with Crippen molar-refractivity contribution in [3.63, 3.8) is 0 Å². The summed E-state index contributed by atoms with van der Waals surface area (Å²) in [7, 11) is 3.76. The third-order valence-corrected chi connectivity index (χ3v) is 6.28. The van der Waals surface area contributed by atoms with Crippen LogP contribution in [0.1, 0.15) is 38.3 Å². The zero-order chi connectivity index (χ0) is 25.6. The number of carbonyl (C=O) groups is 1. The number of nitrogens with zero attached hydrogens (tertiary/aromatic N) is 2. The lowest BCUT2D eigenvalue weighted by molar-refractivity contribution is -0.158. The maximum atomic E-state index is 12.1. The van der Waals surface area contributed by atoms with Gasteiger partial charge in [0, 0.05) is 26.6 Å². The Morgan fingerprint density at radius 2 is 1.83 bits per heavy atom. The zero-order valence-corrected chi connectivity index (χ0v) is 21.8. The van der Waals surface area contributed by atoms with Gasteiger partial charge in [-0.15, -0.1) is 0 Å². The second-order valence-electron chi connectivity index (χ2n) is 9.31. The molecule has 0 radical (unpaired) electrons. The molecule has 0 saturated carbocycles. The fourth-order valence-electron chi connectivity index (χ4n) is 4.07. The first-order valence-corrected chi connectivity index (χ1v) is 12.0. The van der Waals surface area contributed by atoms with Gasteiger partial charge < -0.3 is 28.7 Å². The van der Waals surface area contributed by atoms with E-state index in [1.54, 1.807) is 27.9 Å². The lowest BCUT2D eigenvalue weighted by atomic mass is 10.1. The number of carbonyl (C=O) groups excluding carboxylic acids is 1. The molecular formula is C28H38N2O5. The van der Waals surface area contributed by atoms with Gasteiger partial charge in [-0.2, -0.15) is 0 Å². The smallest absolute Gasteiger partial charge is 0.349 e. The molecule has 2 aromatic rings. The maximum absolute atomic E-state index is 12.1. The molecule has 0 spiro atoms. The first-order valence-electron chi connectivity index (χ1n) is 12.0. The van der Waals surface area contributed by atoms with Crippen LogP contribution >= 0.6 is 0 Å². The Bertz CT molecular complexity index is 1020. The van der Waals surface area contributed by atoms with Crippen LogP contribution in [0.3, 0.4) is 0 Å². The van der Waals surface area contributed by atoms with Gasteiger partial charge in [-0.1, -0.05) is 18.7 Å². The third-order valence-electron chi connectivity index (χ3n) is 6.28. The summed E-state index contributed by atoms with van der Waals surface area (Å²) < 4.78 is 22.3. The fraction of sp³-hybridized carbons (Fsp3) is 0.464. The van der Waals surface area contributed by atoms with Crippen LogP contribution < -0.4 is 14.2 Å². The standard InChI is InChI=1S/C28H38N2O5/c1-8-33-27(31)28(4,5)35-26-14-13-25(17-20(26)2)34-16-15-23-19-30(21(3)29(23)6)18-22-9-11-24(32-7)12-10-22/h9-14,17,23H,3,8,15-16,18-19H2,1-2,4-7H3/t23-/m0/s1. The topological polar surface area (TPSA) is 60.5 Å². The van der Waals surface area contributed by atoms with Gasteiger partial charge in [-0.3, -0.25) is 0 Å². The summed E-state index contributed by atoms with van der Waals surface area (Å²) in [6, 6.07) is 14.1. The highest BCUT2D eigenvalue weighted by Gasteiger charge is 2.32. The molecular weight excluding hydrogens is 444 g/mol. The molecule has 190 valence electrons. The van der Waals surface area contributed by atoms with Gasteiger partial charge in [0.2, 0.25) is 0 Å². The fourth-order valence-corrected chi connectivity index (χ4v) is 4.07. The van der Waals surface area contributed by atoms with E-state index in [0.29, 0.717) is 25.0 Å². The van der Waals surface area contributed by atoms with Gasteiger partial charge in [0.05, 0.1) is 32.2 Å². The van der Waals surface area contributed by atoms with E-state index in [9.17, 15) is 4.79 Å². The highest BCUT2D eigenvalue weighted by molar-refractivity contribution is 5.79. The monoisotopic (exact) mass is 482 g/mol. The number of methoxy groups -OCH3 is 1. The number of aryl methyl sites for hydroxylation is 1. The largest absolute Gasteiger partial charge is 0.497 e. The SMILES string of the molecule is C=C1N(Cc2ccc(OC)cc2)C[C@H](CCOc2ccc(OC(C)(C)C(=O)OCC)c(C)c2)N1C. The van der Waals surface area contributed by atoms with Crippen molar-refractivity contribution in [1.29, 1.82) is 0 Å². The van der Waals surface area contributed by atoms with Crippen LogP contribution in [0.15, 0.2) is 54.9 Å². The second kappa shape index (κ2) is 11.4. The molecule has 1 atom stereocenters. The van der Waals surface area contributed by atoms with E-state index >= 15 is 0 Å². The molecule has 3 rings (SSSR count). The normalized spacial score (nSPS) is 15.8. The Morgan fingerprint density at radius 1 is 1.14 bits per heavy atom. The summed E-state index contributed by atoms with van der Waals surface area (Å²) >= 11 is 0. The molecule has 2 aromatic carbocycles. The Morgan fingerprint density at radius 3 is 2.46 bits per heavy atom. The minimum atomic E-state index is -1.06. The Balaban J connectivity index is 1.51. The van der Waals surface area contributed by atoms with Gasteiger partial charge >= 0.3 is 5.97 Å². The molecule has 0 aliphatic carbocycles. The molecule has 7 nitrogen and oxygen atoms in total. The van der Waals surface area contributed by atoms with Crippen molar-refractivity contribution in [3.8, 4) is 17.2 Å². The van der Waals surface area contributed by atoms with Gasteiger partial charge in [0.1, 0.15) is 17.2 Å². The first kappa shape index (κ1) is 26.3. The van der Waals surface area contributed by atoms with E-state index in [-0.39, 0.29) is 5.97 Å². The van der Waals surface area contributed by atoms with E-state index in [2.05, 4.69) is 35.6 Å². The molecule has 0 amide bonds. The minimum absolute atomic E-state index is 0.320. The van der Waals surface area contributed by atoms with Gasteiger partial charge in [0.15, 0.2) is 5.60 Å². The van der Waals surface area contributed by atoms with E-state index < -0.39 is 5.60 Å². The third kappa shape index (κ3) is 6.62. The molecule has 1 fully saturated rings. The lowest BCUT2D eigenvalue weighted by Gasteiger charge is -2.25. The van der Waals surface area contributed by atoms with Crippen molar-refractivity contribution in [2.45, 2.75) is 52.3 Å². The Labute approximate surface area is 209 Å². The van der Waals surface area contributed by atoms with Gasteiger partial charge in [0.25, 0.3) is 0 Å². The molecule has 0 N–H and O–H groups in total. The second-order valence-corrected chi connectivity index (χ2v) is 9.31. The molecule has 0 aromatic heterocycles. The van der Waals surface area contributed by atoms with Crippen LogP contribution in [0.5, 0.6) is 17.2 Å². The average Bonchev–Trinajstić information content (AvgIpc) is 3.09. The van der Waals surface area contributed by atoms with Crippen molar-refractivity contribution >= 4 is 5.97 Å². The van der Waals surface area contributed by atoms with E-state index in [4.69, 9.17) is 18.9 Å². The molecule has 35 heavy (non-hydrogen) atoms. The number of ether oxygens (including phenoxy) is 4. The van der Waals surface area contributed by atoms with Crippen LogP contribution in [-0.2, 0) is 16.1 Å². The first-order chi connectivity index (χ1) is 16.6. The average molecular weight is 483 g/mol. The summed E-state index contributed by atoms with van der Waals surface area (Å²) in [5.74, 6) is 2.91. The summed E-state index contributed by atoms with van der Waals surface area (Å²) in [4.78, 5) is 16.7. The summed E-state index contributed by atoms with van der Waals surface area (Å²) in [5, 5.41) is 0. The van der Waals surface area contributed by atoms with Gasteiger partial charge in [-0.05, 0) is 69.2 Å². The Hall–Kier alpha value is -3.35. The van der Waals surface area contributed by atoms with Gasteiger partial charge in [-0.25, -0.2) is 4.79 Å². The van der Waals surface area contributed by atoms with Crippen LogP contribution in [0, 0.1) is 6.92 Å². The highest BCUT2D eigenvalue weighted by atomic mass is 16.6. The van der Waals surface area contributed by atoms with Crippen LogP contribution in [0.2, 0.25) is 0 Å². The number of benzene rings is 2. The number of hydrogen-bond donors (Lipinski definition) is 0. The predicted octanol–water partition coefficient (Wildman–Crippen LogP) is 4.78. The van der Waals surface area contributed by atoms with Crippen LogP contribution in [-0.4, -0.2) is 61.3 Å².